The van der Waals surface area contributed by atoms with Crippen LogP contribution in [0, 0.1) is 0 Å². The molecular formula is C16H28N2O. The van der Waals surface area contributed by atoms with E-state index in [4.69, 9.17) is 4.74 Å². The second-order valence-electron chi connectivity index (χ2n) is 4.92. The van der Waals surface area contributed by atoms with Crippen molar-refractivity contribution in [3.63, 3.8) is 0 Å². The fourth-order valence-corrected chi connectivity index (χ4v) is 1.97. The Kier molecular flexibility index (Phi) is 9.07. The van der Waals surface area contributed by atoms with E-state index in [-0.39, 0.29) is 0 Å². The van der Waals surface area contributed by atoms with Crippen molar-refractivity contribution in [2.45, 2.75) is 58.9 Å². The molecule has 1 heterocycles. The summed E-state index contributed by atoms with van der Waals surface area (Å²) in [6.45, 7) is 7.12. The summed E-state index contributed by atoms with van der Waals surface area (Å²) < 4.78 is 5.85. The van der Waals surface area contributed by atoms with E-state index in [1.165, 1.54) is 31.2 Å². The molecule has 0 atom stereocenters. The lowest BCUT2D eigenvalue weighted by Gasteiger charge is -2.11. The minimum absolute atomic E-state index is 0.802. The van der Waals surface area contributed by atoms with E-state index >= 15 is 0 Å². The van der Waals surface area contributed by atoms with E-state index in [1.807, 2.05) is 18.5 Å². The zero-order chi connectivity index (χ0) is 13.8. The van der Waals surface area contributed by atoms with Gasteiger partial charge in [-0.05, 0) is 25.5 Å². The van der Waals surface area contributed by atoms with Crippen molar-refractivity contribution in [1.29, 1.82) is 0 Å². The smallest absolute Gasteiger partial charge is 0.142 e. The average molecular weight is 264 g/mol. The molecule has 3 heteroatoms. The summed E-state index contributed by atoms with van der Waals surface area (Å²) in [6.07, 6.45) is 11.1. The predicted octanol–water partition coefficient (Wildman–Crippen LogP) is 3.93. The van der Waals surface area contributed by atoms with Crippen LogP contribution in [0.15, 0.2) is 18.5 Å². The molecule has 0 unspecified atom stereocenters. The Hall–Kier alpha value is -1.09. The SMILES string of the molecule is CCCCCCCOc1cnccc1CNCCC. The van der Waals surface area contributed by atoms with Crippen LogP contribution >= 0.6 is 0 Å². The molecule has 0 fully saturated rings. The van der Waals surface area contributed by atoms with E-state index in [2.05, 4.69) is 24.1 Å². The van der Waals surface area contributed by atoms with E-state index in [9.17, 15) is 0 Å². The zero-order valence-corrected chi connectivity index (χ0v) is 12.5. The number of aromatic nitrogens is 1. The Bertz CT molecular complexity index is 328. The van der Waals surface area contributed by atoms with Crippen LogP contribution in [0.25, 0.3) is 0 Å². The van der Waals surface area contributed by atoms with Gasteiger partial charge >= 0.3 is 0 Å². The number of rotatable bonds is 11. The number of hydrogen-bond donors (Lipinski definition) is 1. The van der Waals surface area contributed by atoms with Crippen LogP contribution < -0.4 is 10.1 Å². The average Bonchev–Trinajstić information content (AvgIpc) is 2.44. The Labute approximate surface area is 117 Å². The lowest BCUT2D eigenvalue weighted by molar-refractivity contribution is 0.299. The molecule has 0 aromatic carbocycles. The second-order valence-corrected chi connectivity index (χ2v) is 4.92. The van der Waals surface area contributed by atoms with Gasteiger partial charge in [0.25, 0.3) is 0 Å². The third-order valence-corrected chi connectivity index (χ3v) is 3.12. The van der Waals surface area contributed by atoms with Crippen LogP contribution in [0.4, 0.5) is 0 Å². The first kappa shape index (κ1) is 16.0. The van der Waals surface area contributed by atoms with Crippen LogP contribution in [0.5, 0.6) is 5.75 Å². The summed E-state index contributed by atoms with van der Waals surface area (Å²) in [7, 11) is 0. The van der Waals surface area contributed by atoms with E-state index in [0.717, 1.165) is 38.3 Å². The molecule has 108 valence electrons. The van der Waals surface area contributed by atoms with Gasteiger partial charge in [0.15, 0.2) is 0 Å². The molecule has 1 rings (SSSR count). The fourth-order valence-electron chi connectivity index (χ4n) is 1.97. The van der Waals surface area contributed by atoms with Gasteiger partial charge in [-0.3, -0.25) is 4.98 Å². The number of ether oxygens (including phenoxy) is 1. The summed E-state index contributed by atoms with van der Waals surface area (Å²) in [5.74, 6) is 0.932. The Morgan fingerprint density at radius 1 is 1.11 bits per heavy atom. The molecule has 1 N–H and O–H groups in total. The molecule has 0 radical (unpaired) electrons. The molecule has 19 heavy (non-hydrogen) atoms. The van der Waals surface area contributed by atoms with Gasteiger partial charge in [0, 0.05) is 18.3 Å². The highest BCUT2D eigenvalue weighted by molar-refractivity contribution is 5.29. The first-order valence-electron chi connectivity index (χ1n) is 7.64. The molecule has 0 spiro atoms. The van der Waals surface area contributed by atoms with Crippen LogP contribution in [0.3, 0.4) is 0 Å². The maximum atomic E-state index is 5.85. The molecule has 0 saturated heterocycles. The van der Waals surface area contributed by atoms with Crippen LogP contribution in [0.2, 0.25) is 0 Å². The topological polar surface area (TPSA) is 34.1 Å². The maximum absolute atomic E-state index is 5.85. The number of unbranched alkanes of at least 4 members (excludes halogenated alkanes) is 4. The van der Waals surface area contributed by atoms with Crippen molar-refractivity contribution in [1.82, 2.24) is 10.3 Å². The minimum atomic E-state index is 0.802. The highest BCUT2D eigenvalue weighted by Crippen LogP contribution is 2.16. The molecule has 1 aromatic heterocycles. The molecule has 0 bridgehead atoms. The molecule has 1 aromatic rings. The van der Waals surface area contributed by atoms with Gasteiger partial charge in [-0.1, -0.05) is 39.5 Å². The number of nitrogens with zero attached hydrogens (tertiary/aromatic N) is 1. The lowest BCUT2D eigenvalue weighted by Crippen LogP contribution is -2.15. The highest BCUT2D eigenvalue weighted by Gasteiger charge is 2.02. The van der Waals surface area contributed by atoms with Gasteiger partial charge in [0.2, 0.25) is 0 Å². The zero-order valence-electron chi connectivity index (χ0n) is 12.5. The van der Waals surface area contributed by atoms with E-state index in [1.54, 1.807) is 0 Å². The summed E-state index contributed by atoms with van der Waals surface area (Å²) in [6, 6.07) is 2.04. The van der Waals surface area contributed by atoms with E-state index in [0.29, 0.717) is 0 Å². The van der Waals surface area contributed by atoms with Crippen molar-refractivity contribution >= 4 is 0 Å². The summed E-state index contributed by atoms with van der Waals surface area (Å²) in [4.78, 5) is 4.15. The highest BCUT2D eigenvalue weighted by atomic mass is 16.5. The quantitative estimate of drug-likeness (QED) is 0.615. The van der Waals surface area contributed by atoms with Crippen LogP contribution in [-0.4, -0.2) is 18.1 Å². The summed E-state index contributed by atoms with van der Waals surface area (Å²) in [5, 5.41) is 3.40. The Balaban J connectivity index is 2.27. The third-order valence-electron chi connectivity index (χ3n) is 3.12. The van der Waals surface area contributed by atoms with Crippen molar-refractivity contribution in [2.75, 3.05) is 13.2 Å². The van der Waals surface area contributed by atoms with Gasteiger partial charge < -0.3 is 10.1 Å². The van der Waals surface area contributed by atoms with Crippen molar-refractivity contribution in [3.05, 3.63) is 24.0 Å². The van der Waals surface area contributed by atoms with Gasteiger partial charge in [-0.25, -0.2) is 0 Å². The van der Waals surface area contributed by atoms with Gasteiger partial charge in [0.05, 0.1) is 12.8 Å². The van der Waals surface area contributed by atoms with E-state index < -0.39 is 0 Å². The van der Waals surface area contributed by atoms with Crippen LogP contribution in [-0.2, 0) is 6.54 Å². The summed E-state index contributed by atoms with van der Waals surface area (Å²) >= 11 is 0. The normalized spacial score (nSPS) is 10.6. The monoisotopic (exact) mass is 264 g/mol. The van der Waals surface area contributed by atoms with Gasteiger partial charge in [-0.2, -0.15) is 0 Å². The third kappa shape index (κ3) is 7.16. The standard InChI is InChI=1S/C16H28N2O/c1-3-5-6-7-8-12-19-16-14-18-11-9-15(16)13-17-10-4-2/h9,11,14,17H,3-8,10,12-13H2,1-2H3. The van der Waals surface area contributed by atoms with Crippen molar-refractivity contribution in [2.24, 2.45) is 0 Å². The predicted molar refractivity (Wildman–Crippen MR) is 80.5 cm³/mol. The largest absolute Gasteiger partial charge is 0.492 e. The first-order chi connectivity index (χ1) is 9.38. The van der Waals surface area contributed by atoms with Gasteiger partial charge in [-0.15, -0.1) is 0 Å². The molecule has 0 saturated carbocycles. The van der Waals surface area contributed by atoms with Gasteiger partial charge in [0.1, 0.15) is 5.75 Å². The number of nitrogens with one attached hydrogen (secondary N) is 1. The Morgan fingerprint density at radius 2 is 1.95 bits per heavy atom. The number of pyridine rings is 1. The molecule has 0 aliphatic carbocycles. The molecule has 0 amide bonds. The lowest BCUT2D eigenvalue weighted by atomic mass is 10.2. The summed E-state index contributed by atoms with van der Waals surface area (Å²) in [5.41, 5.74) is 1.21. The molecule has 0 aliphatic heterocycles. The first-order valence-corrected chi connectivity index (χ1v) is 7.64. The molecular weight excluding hydrogens is 236 g/mol. The molecule has 3 nitrogen and oxygen atoms in total. The minimum Gasteiger partial charge on any atom is -0.492 e. The van der Waals surface area contributed by atoms with Crippen LogP contribution in [0.1, 0.15) is 57.9 Å². The Morgan fingerprint density at radius 3 is 2.74 bits per heavy atom. The molecule has 0 aliphatic rings. The van der Waals surface area contributed by atoms with Crippen molar-refractivity contribution in [3.8, 4) is 5.75 Å². The number of hydrogen-bond acceptors (Lipinski definition) is 3. The fraction of sp³-hybridized carbons (Fsp3) is 0.688. The maximum Gasteiger partial charge on any atom is 0.142 e. The van der Waals surface area contributed by atoms with Crippen molar-refractivity contribution < 1.29 is 4.74 Å². The second kappa shape index (κ2) is 10.8.